The van der Waals surface area contributed by atoms with E-state index < -0.39 is 24.4 Å². The average Bonchev–Trinajstić information content (AvgIpc) is 3.29. The molecule has 6 nitrogen and oxygen atoms in total. The zero-order valence-corrected chi connectivity index (χ0v) is 18.2. The minimum atomic E-state index is -0.760. The van der Waals surface area contributed by atoms with Gasteiger partial charge in [-0.3, -0.25) is 14.4 Å². The van der Waals surface area contributed by atoms with Crippen LogP contribution in [0.15, 0.2) is 48.5 Å². The van der Waals surface area contributed by atoms with E-state index in [0.29, 0.717) is 14.9 Å². The molecule has 0 radical (unpaired) electrons. The van der Waals surface area contributed by atoms with Gasteiger partial charge >= 0.3 is 5.97 Å². The van der Waals surface area contributed by atoms with Gasteiger partial charge in [-0.2, -0.15) is 0 Å². The fraction of sp³-hybridized carbons (Fsp3) is 0.130. The van der Waals surface area contributed by atoms with Gasteiger partial charge in [-0.05, 0) is 61.4 Å². The SMILES string of the molecule is Cc1ccc(C)c(N2C(=O)c3ccc(C(=O)OCC(=O)c4ccc(Cl)s4)cc3C2=O)c1. The molecule has 0 saturated carbocycles. The second kappa shape index (κ2) is 8.09. The molecule has 8 heteroatoms. The second-order valence-electron chi connectivity index (χ2n) is 7.10. The maximum atomic E-state index is 13.0. The third-order valence-electron chi connectivity index (χ3n) is 4.91. The molecule has 156 valence electrons. The molecule has 0 atom stereocenters. The number of esters is 1. The number of carbonyl (C=O) groups excluding carboxylic acids is 4. The summed E-state index contributed by atoms with van der Waals surface area (Å²) in [6, 6.07) is 12.8. The van der Waals surface area contributed by atoms with Crippen molar-refractivity contribution in [1.82, 2.24) is 0 Å². The van der Waals surface area contributed by atoms with Crippen molar-refractivity contribution < 1.29 is 23.9 Å². The van der Waals surface area contributed by atoms with Crippen molar-refractivity contribution in [3.05, 3.63) is 85.6 Å². The van der Waals surface area contributed by atoms with Gasteiger partial charge in [0.1, 0.15) is 0 Å². The highest BCUT2D eigenvalue weighted by atomic mass is 35.5. The number of Topliss-reactive ketones (excluding diaryl/α,β-unsaturated/α-hetero) is 1. The van der Waals surface area contributed by atoms with E-state index in [4.69, 9.17) is 16.3 Å². The van der Waals surface area contributed by atoms with Crippen LogP contribution < -0.4 is 4.90 Å². The molecule has 2 amide bonds. The van der Waals surface area contributed by atoms with Crippen molar-refractivity contribution in [2.24, 2.45) is 0 Å². The summed E-state index contributed by atoms with van der Waals surface area (Å²) in [5.41, 5.74) is 2.63. The molecular formula is C23H16ClNO5S. The van der Waals surface area contributed by atoms with Crippen molar-refractivity contribution in [2.75, 3.05) is 11.5 Å². The van der Waals surface area contributed by atoms with Crippen LogP contribution in [0.3, 0.4) is 0 Å². The smallest absolute Gasteiger partial charge is 0.338 e. The highest BCUT2D eigenvalue weighted by Gasteiger charge is 2.38. The minimum Gasteiger partial charge on any atom is -0.454 e. The summed E-state index contributed by atoms with van der Waals surface area (Å²) in [7, 11) is 0. The van der Waals surface area contributed by atoms with Gasteiger partial charge in [0.25, 0.3) is 11.8 Å². The number of imide groups is 1. The topological polar surface area (TPSA) is 80.8 Å². The van der Waals surface area contributed by atoms with Gasteiger partial charge in [0.2, 0.25) is 5.78 Å². The van der Waals surface area contributed by atoms with E-state index in [1.165, 1.54) is 18.2 Å². The van der Waals surface area contributed by atoms with Crippen molar-refractivity contribution in [2.45, 2.75) is 13.8 Å². The number of anilines is 1. The van der Waals surface area contributed by atoms with E-state index in [1.54, 1.807) is 18.2 Å². The third-order valence-corrected chi connectivity index (χ3v) is 6.18. The molecule has 4 rings (SSSR count). The number of thiophene rings is 1. The van der Waals surface area contributed by atoms with Crippen LogP contribution in [0.5, 0.6) is 0 Å². The fourth-order valence-corrected chi connectivity index (χ4v) is 4.26. The van der Waals surface area contributed by atoms with Crippen molar-refractivity contribution >= 4 is 52.2 Å². The molecule has 0 saturated heterocycles. The van der Waals surface area contributed by atoms with Gasteiger partial charge in [0.05, 0.1) is 31.6 Å². The van der Waals surface area contributed by atoms with Crippen LogP contribution in [-0.4, -0.2) is 30.2 Å². The number of ketones is 1. The summed E-state index contributed by atoms with van der Waals surface area (Å²) in [6.07, 6.45) is 0. The summed E-state index contributed by atoms with van der Waals surface area (Å²) >= 11 is 6.91. The summed E-state index contributed by atoms with van der Waals surface area (Å²) in [5, 5.41) is 0. The molecule has 0 fully saturated rings. The van der Waals surface area contributed by atoms with Crippen molar-refractivity contribution in [1.29, 1.82) is 0 Å². The van der Waals surface area contributed by atoms with Gasteiger partial charge < -0.3 is 4.74 Å². The molecule has 31 heavy (non-hydrogen) atoms. The highest BCUT2D eigenvalue weighted by Crippen LogP contribution is 2.32. The third kappa shape index (κ3) is 3.89. The number of aryl methyl sites for hydroxylation is 2. The first-order chi connectivity index (χ1) is 14.8. The molecule has 2 heterocycles. The highest BCUT2D eigenvalue weighted by molar-refractivity contribution is 7.18. The lowest BCUT2D eigenvalue weighted by atomic mass is 10.1. The van der Waals surface area contributed by atoms with E-state index in [2.05, 4.69) is 0 Å². The Morgan fingerprint density at radius 2 is 1.71 bits per heavy atom. The Morgan fingerprint density at radius 1 is 0.968 bits per heavy atom. The number of hydrogen-bond acceptors (Lipinski definition) is 6. The zero-order valence-electron chi connectivity index (χ0n) is 16.6. The molecule has 0 unspecified atom stereocenters. The fourth-order valence-electron chi connectivity index (χ4n) is 3.30. The molecule has 0 bridgehead atoms. The summed E-state index contributed by atoms with van der Waals surface area (Å²) in [4.78, 5) is 51.9. The van der Waals surface area contributed by atoms with Crippen LogP contribution in [0, 0.1) is 13.8 Å². The lowest BCUT2D eigenvalue weighted by Crippen LogP contribution is -2.30. The van der Waals surface area contributed by atoms with Crippen LogP contribution in [-0.2, 0) is 4.74 Å². The molecule has 2 aromatic carbocycles. The predicted octanol–water partition coefficient (Wildman–Crippen LogP) is 4.86. The number of nitrogens with zero attached hydrogens (tertiary/aromatic N) is 1. The Hall–Kier alpha value is -3.29. The first-order valence-corrected chi connectivity index (χ1v) is 10.5. The number of halogens is 1. The number of ether oxygens (including phenoxy) is 1. The van der Waals surface area contributed by atoms with Crippen LogP contribution in [0.2, 0.25) is 4.34 Å². The van der Waals surface area contributed by atoms with Gasteiger partial charge in [0, 0.05) is 0 Å². The molecular weight excluding hydrogens is 438 g/mol. The minimum absolute atomic E-state index is 0.0831. The van der Waals surface area contributed by atoms with E-state index in [9.17, 15) is 19.2 Å². The molecule has 3 aromatic rings. The molecule has 1 aliphatic heterocycles. The number of benzene rings is 2. The molecule has 1 aromatic heterocycles. The summed E-state index contributed by atoms with van der Waals surface area (Å²) < 4.78 is 5.55. The quantitative estimate of drug-likeness (QED) is 0.313. The molecule has 0 spiro atoms. The standard InChI is InChI=1S/C23H16ClNO5S/c1-12-3-4-13(2)17(9-12)25-21(27)15-6-5-14(10-16(15)22(25)28)23(29)30-11-18(26)19-7-8-20(24)31-19/h3-10H,11H2,1-2H3. The van der Waals surface area contributed by atoms with Gasteiger partial charge in [-0.15, -0.1) is 11.3 Å². The number of fused-ring (bicyclic) bond motifs is 1. The summed E-state index contributed by atoms with van der Waals surface area (Å²) in [5.74, 6) is -2.09. The Labute approximate surface area is 187 Å². The Bertz CT molecular complexity index is 1260. The van der Waals surface area contributed by atoms with E-state index >= 15 is 0 Å². The maximum absolute atomic E-state index is 13.0. The monoisotopic (exact) mass is 453 g/mol. The van der Waals surface area contributed by atoms with Gasteiger partial charge in [-0.1, -0.05) is 23.7 Å². The Morgan fingerprint density at radius 3 is 2.42 bits per heavy atom. The molecule has 0 N–H and O–H groups in total. The van der Waals surface area contributed by atoms with E-state index in [0.717, 1.165) is 27.4 Å². The largest absolute Gasteiger partial charge is 0.454 e. The number of carbonyl (C=O) groups is 4. The normalized spacial score (nSPS) is 12.8. The lowest BCUT2D eigenvalue weighted by molar-refractivity contribution is 0.0475. The number of rotatable bonds is 5. The predicted molar refractivity (Wildman–Crippen MR) is 117 cm³/mol. The maximum Gasteiger partial charge on any atom is 0.338 e. The number of amides is 2. The first-order valence-electron chi connectivity index (χ1n) is 9.32. The summed E-state index contributed by atoms with van der Waals surface area (Å²) in [6.45, 7) is 3.24. The molecule has 1 aliphatic rings. The number of hydrogen-bond donors (Lipinski definition) is 0. The van der Waals surface area contributed by atoms with Crippen LogP contribution in [0.4, 0.5) is 5.69 Å². The lowest BCUT2D eigenvalue weighted by Gasteiger charge is -2.17. The Balaban J connectivity index is 1.55. The Kier molecular flexibility index (Phi) is 5.47. The average molecular weight is 454 g/mol. The van der Waals surface area contributed by atoms with Crippen molar-refractivity contribution in [3.63, 3.8) is 0 Å². The second-order valence-corrected chi connectivity index (χ2v) is 8.81. The van der Waals surface area contributed by atoms with Crippen LogP contribution in [0.25, 0.3) is 0 Å². The van der Waals surface area contributed by atoms with E-state index in [1.807, 2.05) is 26.0 Å². The van der Waals surface area contributed by atoms with E-state index in [-0.39, 0.29) is 22.5 Å². The van der Waals surface area contributed by atoms with Gasteiger partial charge in [-0.25, -0.2) is 9.69 Å². The van der Waals surface area contributed by atoms with Crippen LogP contribution in [0.1, 0.15) is 51.9 Å². The molecule has 0 aliphatic carbocycles. The zero-order chi connectivity index (χ0) is 22.3. The first kappa shape index (κ1) is 21.0. The van der Waals surface area contributed by atoms with Crippen LogP contribution >= 0.6 is 22.9 Å². The van der Waals surface area contributed by atoms with Crippen molar-refractivity contribution in [3.8, 4) is 0 Å². The van der Waals surface area contributed by atoms with Gasteiger partial charge in [0.15, 0.2) is 6.61 Å².